The van der Waals surface area contributed by atoms with Gasteiger partial charge in [-0.05, 0) is 52.4 Å². The maximum atomic E-state index is 12.9. The van der Waals surface area contributed by atoms with Crippen LogP contribution in [0, 0.1) is 0 Å². The number of benzene rings is 3. The van der Waals surface area contributed by atoms with Gasteiger partial charge >= 0.3 is 0 Å². The molecule has 2 heterocycles. The molecule has 0 saturated carbocycles. The van der Waals surface area contributed by atoms with Crippen molar-refractivity contribution in [2.45, 2.75) is 6.42 Å². The number of carbonyl (C=O) groups excluding carboxylic acids is 1. The van der Waals surface area contributed by atoms with Crippen LogP contribution in [0.5, 0.6) is 0 Å². The Morgan fingerprint density at radius 2 is 1.78 bits per heavy atom. The lowest BCUT2D eigenvalue weighted by atomic mass is 10.1. The zero-order chi connectivity index (χ0) is 24.9. The van der Waals surface area contributed by atoms with E-state index in [1.807, 2.05) is 30.3 Å². The molecular formula is C25H18Cl2N8O. The molecule has 0 atom stereocenters. The van der Waals surface area contributed by atoms with Crippen LogP contribution in [0.1, 0.15) is 15.9 Å². The van der Waals surface area contributed by atoms with Gasteiger partial charge in [-0.25, -0.2) is 4.68 Å². The van der Waals surface area contributed by atoms with Crippen LogP contribution in [0.3, 0.4) is 0 Å². The Morgan fingerprint density at radius 3 is 2.56 bits per heavy atom. The Morgan fingerprint density at radius 1 is 0.944 bits per heavy atom. The van der Waals surface area contributed by atoms with Crippen LogP contribution < -0.4 is 5.32 Å². The zero-order valence-electron chi connectivity index (χ0n) is 18.7. The van der Waals surface area contributed by atoms with Crippen LogP contribution in [0.4, 0.5) is 0 Å². The molecule has 9 nitrogen and oxygen atoms in total. The summed E-state index contributed by atoms with van der Waals surface area (Å²) < 4.78 is 3.06. The van der Waals surface area contributed by atoms with E-state index in [0.29, 0.717) is 44.7 Å². The number of tetrazole rings is 1. The van der Waals surface area contributed by atoms with E-state index in [0.717, 1.165) is 5.56 Å². The summed E-state index contributed by atoms with van der Waals surface area (Å²) >= 11 is 12.3. The molecule has 0 fully saturated rings. The van der Waals surface area contributed by atoms with E-state index >= 15 is 0 Å². The maximum absolute atomic E-state index is 12.9. The van der Waals surface area contributed by atoms with Gasteiger partial charge < -0.3 is 5.32 Å². The molecular weight excluding hydrogens is 499 g/mol. The van der Waals surface area contributed by atoms with Gasteiger partial charge in [0.1, 0.15) is 12.0 Å². The molecule has 0 aliphatic carbocycles. The predicted molar refractivity (Wildman–Crippen MR) is 137 cm³/mol. The molecule has 0 aliphatic heterocycles. The van der Waals surface area contributed by atoms with Crippen molar-refractivity contribution in [2.24, 2.45) is 0 Å². The summed E-state index contributed by atoms with van der Waals surface area (Å²) in [5.74, 6) is -0.282. The summed E-state index contributed by atoms with van der Waals surface area (Å²) in [5, 5.41) is 23.9. The molecule has 1 N–H and O–H groups in total. The van der Waals surface area contributed by atoms with Gasteiger partial charge in [0.15, 0.2) is 0 Å². The highest BCUT2D eigenvalue weighted by Gasteiger charge is 2.14. The molecule has 5 aromatic rings. The summed E-state index contributed by atoms with van der Waals surface area (Å²) in [4.78, 5) is 12.9. The molecule has 0 spiro atoms. The first-order valence-electron chi connectivity index (χ1n) is 10.8. The fourth-order valence-electron chi connectivity index (χ4n) is 3.59. The molecule has 0 saturated heterocycles. The van der Waals surface area contributed by atoms with Crippen LogP contribution in [0.2, 0.25) is 10.0 Å². The van der Waals surface area contributed by atoms with Gasteiger partial charge in [-0.2, -0.15) is 4.68 Å². The standard InChI is InChI=1S/C25H18Cl2N8O/c26-19-8-4-7-18(12-19)25(36)29-21(11-17-5-2-1-3-6-17)14-34-15-23(30-32-34)22-13-20(27)9-10-24(22)35-16-28-31-33-35/h1-10,12-16H,11H2,(H,29,36). The number of halogens is 2. The maximum Gasteiger partial charge on any atom is 0.255 e. The van der Waals surface area contributed by atoms with Gasteiger partial charge in [-0.1, -0.05) is 64.8 Å². The predicted octanol–water partition coefficient (Wildman–Crippen LogP) is 4.70. The highest BCUT2D eigenvalue weighted by Crippen LogP contribution is 2.27. The molecule has 2 aromatic heterocycles. The van der Waals surface area contributed by atoms with Gasteiger partial charge in [0.25, 0.3) is 5.91 Å². The number of hydrogen-bond acceptors (Lipinski definition) is 6. The van der Waals surface area contributed by atoms with E-state index in [1.54, 1.807) is 54.9 Å². The lowest BCUT2D eigenvalue weighted by molar-refractivity contribution is 0.0965. The summed E-state index contributed by atoms with van der Waals surface area (Å²) in [5.41, 5.74) is 4.03. The van der Waals surface area contributed by atoms with Gasteiger partial charge in [0.2, 0.25) is 0 Å². The van der Waals surface area contributed by atoms with Crippen molar-refractivity contribution in [3.05, 3.63) is 112 Å². The first-order valence-corrected chi connectivity index (χ1v) is 11.6. The second kappa shape index (κ2) is 10.5. The van der Waals surface area contributed by atoms with E-state index in [9.17, 15) is 4.79 Å². The Bertz CT molecular complexity index is 1530. The van der Waals surface area contributed by atoms with Crippen molar-refractivity contribution in [1.82, 2.24) is 40.5 Å². The third-order valence-corrected chi connectivity index (χ3v) is 5.70. The molecule has 178 valence electrons. The fourth-order valence-corrected chi connectivity index (χ4v) is 3.96. The molecule has 11 heteroatoms. The van der Waals surface area contributed by atoms with E-state index < -0.39 is 0 Å². The first kappa shape index (κ1) is 23.4. The summed E-state index contributed by atoms with van der Waals surface area (Å²) in [6.45, 7) is 0. The number of hydrogen-bond donors (Lipinski definition) is 1. The Labute approximate surface area is 216 Å². The van der Waals surface area contributed by atoms with Gasteiger partial charge in [-0.3, -0.25) is 4.79 Å². The van der Waals surface area contributed by atoms with Gasteiger partial charge in [0.05, 0.1) is 11.9 Å². The Hall–Kier alpha value is -4.34. The fraction of sp³-hybridized carbons (Fsp3) is 0.0400. The highest BCUT2D eigenvalue weighted by molar-refractivity contribution is 6.31. The van der Waals surface area contributed by atoms with Crippen LogP contribution in [-0.2, 0) is 6.42 Å². The number of rotatable bonds is 7. The zero-order valence-corrected chi connectivity index (χ0v) is 20.2. The van der Waals surface area contributed by atoms with Crippen molar-refractivity contribution < 1.29 is 4.79 Å². The number of nitrogens with zero attached hydrogens (tertiary/aromatic N) is 7. The van der Waals surface area contributed by atoms with Crippen molar-refractivity contribution in [3.63, 3.8) is 0 Å². The lowest BCUT2D eigenvalue weighted by Gasteiger charge is -2.11. The third kappa shape index (κ3) is 5.48. The number of carbonyl (C=O) groups is 1. The van der Waals surface area contributed by atoms with Crippen LogP contribution >= 0.6 is 23.2 Å². The second-order valence-electron chi connectivity index (χ2n) is 7.78. The summed E-state index contributed by atoms with van der Waals surface area (Å²) in [7, 11) is 0. The van der Waals surface area contributed by atoms with Crippen molar-refractivity contribution in [2.75, 3.05) is 0 Å². The van der Waals surface area contributed by atoms with Crippen LogP contribution in [0.25, 0.3) is 23.1 Å². The molecule has 0 unspecified atom stereocenters. The van der Waals surface area contributed by atoms with Crippen molar-refractivity contribution in [3.8, 4) is 16.9 Å². The highest BCUT2D eigenvalue weighted by atomic mass is 35.5. The number of allylic oxidation sites excluding steroid dienone is 1. The second-order valence-corrected chi connectivity index (χ2v) is 8.65. The quantitative estimate of drug-likeness (QED) is 0.336. The lowest BCUT2D eigenvalue weighted by Crippen LogP contribution is -2.24. The van der Waals surface area contributed by atoms with Crippen LogP contribution in [0.15, 0.2) is 91.0 Å². The topological polar surface area (TPSA) is 103 Å². The molecule has 36 heavy (non-hydrogen) atoms. The van der Waals surface area contributed by atoms with Gasteiger partial charge in [-0.15, -0.1) is 10.2 Å². The monoisotopic (exact) mass is 516 g/mol. The average molecular weight is 517 g/mol. The molecule has 0 bridgehead atoms. The molecule has 0 radical (unpaired) electrons. The number of aromatic nitrogens is 7. The smallest absolute Gasteiger partial charge is 0.255 e. The Balaban J connectivity index is 1.48. The van der Waals surface area contributed by atoms with Crippen LogP contribution in [-0.4, -0.2) is 41.1 Å². The summed E-state index contributed by atoms with van der Waals surface area (Å²) in [6.07, 6.45) is 5.40. The first-order chi connectivity index (χ1) is 17.5. The number of nitrogens with one attached hydrogen (secondary N) is 1. The third-order valence-electron chi connectivity index (χ3n) is 5.23. The van der Waals surface area contributed by atoms with Crippen molar-refractivity contribution in [1.29, 1.82) is 0 Å². The van der Waals surface area contributed by atoms with E-state index in [-0.39, 0.29) is 5.91 Å². The van der Waals surface area contributed by atoms with Crippen molar-refractivity contribution >= 4 is 35.3 Å². The summed E-state index contributed by atoms with van der Waals surface area (Å²) in [6, 6.07) is 21.9. The molecule has 5 rings (SSSR count). The minimum absolute atomic E-state index is 0.282. The van der Waals surface area contributed by atoms with E-state index in [2.05, 4.69) is 31.2 Å². The number of amides is 1. The minimum Gasteiger partial charge on any atom is -0.324 e. The average Bonchev–Trinajstić information content (AvgIpc) is 3.57. The SMILES string of the molecule is O=C(NC(=Cn1cc(-c2cc(Cl)ccc2-n2cnnn2)nn1)Cc1ccccc1)c1cccc(Cl)c1. The van der Waals surface area contributed by atoms with Gasteiger partial charge in [0, 0.05) is 39.5 Å². The Kier molecular flexibility index (Phi) is 6.83. The minimum atomic E-state index is -0.282. The molecule has 0 aliphatic rings. The molecule has 3 aromatic carbocycles. The normalized spacial score (nSPS) is 11.4. The van der Waals surface area contributed by atoms with E-state index in [1.165, 1.54) is 15.7 Å². The largest absolute Gasteiger partial charge is 0.324 e. The van der Waals surface area contributed by atoms with E-state index in [4.69, 9.17) is 23.2 Å². The molecule has 1 amide bonds.